The first-order chi connectivity index (χ1) is 27.2. The van der Waals surface area contributed by atoms with Gasteiger partial charge in [-0.2, -0.15) is 0 Å². The number of fused-ring (bicyclic) bond motifs is 9. The molecule has 2 aliphatic rings. The average molecular weight is 749 g/mol. The second-order valence-corrected chi connectivity index (χ2v) is 25.3. The molecule has 9 aromatic rings. The van der Waals surface area contributed by atoms with Crippen LogP contribution in [-0.4, -0.2) is 26.1 Å². The molecule has 0 atom stereocenters. The third-order valence-corrected chi connectivity index (χ3v) is 19.8. The molecule has 0 saturated heterocycles. The molecular weight excluding hydrogens is 709 g/mol. The van der Waals surface area contributed by atoms with Crippen molar-refractivity contribution in [2.45, 2.75) is 26.2 Å². The Kier molecular flexibility index (Phi) is 7.19. The Morgan fingerprint density at radius 2 is 0.714 bits per heavy atom. The predicted molar refractivity (Wildman–Crippen MR) is 243 cm³/mol. The minimum atomic E-state index is -1.77. The van der Waals surface area contributed by atoms with Crippen LogP contribution in [-0.2, 0) is 0 Å². The van der Waals surface area contributed by atoms with Crippen LogP contribution in [0.25, 0.3) is 88.8 Å². The van der Waals surface area contributed by atoms with Gasteiger partial charge in [0.05, 0.1) is 22.4 Å². The molecule has 2 aliphatic heterocycles. The molecule has 0 unspecified atom stereocenters. The van der Waals surface area contributed by atoms with Crippen molar-refractivity contribution >= 4 is 58.7 Å². The number of rotatable bonds is 4. The fraction of sp³-hybridized carbons (Fsp3) is 0.0769. The maximum atomic E-state index is 5.44. The second-order valence-electron chi connectivity index (χ2n) is 16.6. The zero-order valence-electron chi connectivity index (χ0n) is 32.1. The van der Waals surface area contributed by atoms with Gasteiger partial charge in [-0.25, -0.2) is 9.97 Å². The first-order valence-corrected chi connectivity index (χ1v) is 25.6. The van der Waals surface area contributed by atoms with Gasteiger partial charge in [0.25, 0.3) is 0 Å². The number of aromatic nitrogens is 2. The van der Waals surface area contributed by atoms with E-state index in [2.05, 4.69) is 190 Å². The van der Waals surface area contributed by atoms with E-state index in [1.807, 2.05) is 6.07 Å². The molecule has 7 aromatic carbocycles. The summed E-state index contributed by atoms with van der Waals surface area (Å²) in [7, 11) is -3.54. The van der Waals surface area contributed by atoms with E-state index < -0.39 is 16.1 Å². The lowest BCUT2D eigenvalue weighted by molar-refractivity contribution is 1.36. The highest BCUT2D eigenvalue weighted by atomic mass is 28.3. The highest BCUT2D eigenvalue weighted by molar-refractivity contribution is 7.04. The molecule has 56 heavy (non-hydrogen) atoms. The van der Waals surface area contributed by atoms with Crippen molar-refractivity contribution in [2.24, 2.45) is 0 Å². The molecule has 0 saturated carbocycles. The average Bonchev–Trinajstić information content (AvgIpc) is 3.62. The van der Waals surface area contributed by atoms with Gasteiger partial charge in [-0.15, -0.1) is 0 Å². The smallest absolute Gasteiger partial charge is 0.113 e. The number of hydrogen-bond acceptors (Lipinski definition) is 2. The number of hydrogen-bond donors (Lipinski definition) is 0. The summed E-state index contributed by atoms with van der Waals surface area (Å²) >= 11 is 0. The largest absolute Gasteiger partial charge is 0.245 e. The van der Waals surface area contributed by atoms with E-state index in [9.17, 15) is 0 Å². The third kappa shape index (κ3) is 4.99. The van der Waals surface area contributed by atoms with E-state index in [1.54, 1.807) is 0 Å². The van der Waals surface area contributed by atoms with Crippen LogP contribution in [0.15, 0.2) is 170 Å². The lowest BCUT2D eigenvalue weighted by atomic mass is 9.92. The third-order valence-electron chi connectivity index (χ3n) is 12.7. The van der Waals surface area contributed by atoms with E-state index in [0.29, 0.717) is 0 Å². The van der Waals surface area contributed by atoms with Crippen molar-refractivity contribution in [3.05, 3.63) is 170 Å². The minimum Gasteiger partial charge on any atom is -0.245 e. The van der Waals surface area contributed by atoms with Gasteiger partial charge in [-0.1, -0.05) is 154 Å². The summed E-state index contributed by atoms with van der Waals surface area (Å²) in [5.74, 6) is 0. The topological polar surface area (TPSA) is 25.8 Å². The van der Waals surface area contributed by atoms with E-state index in [0.717, 1.165) is 44.3 Å². The van der Waals surface area contributed by atoms with Gasteiger partial charge in [0, 0.05) is 21.9 Å². The van der Waals surface area contributed by atoms with Crippen molar-refractivity contribution in [3.63, 3.8) is 0 Å². The van der Waals surface area contributed by atoms with Gasteiger partial charge in [0.1, 0.15) is 16.1 Å². The molecule has 0 fully saturated rings. The lowest BCUT2D eigenvalue weighted by Gasteiger charge is -2.19. The fourth-order valence-electron chi connectivity index (χ4n) is 9.61. The van der Waals surface area contributed by atoms with Gasteiger partial charge in [0.2, 0.25) is 0 Å². The monoisotopic (exact) mass is 748 g/mol. The molecule has 0 radical (unpaired) electrons. The Morgan fingerprint density at radius 1 is 0.304 bits per heavy atom. The zero-order chi connectivity index (χ0) is 37.8. The molecular formula is C52H40N2Si2. The fourth-order valence-corrected chi connectivity index (χ4v) is 15.8. The normalized spacial score (nSPS) is 14.4. The highest BCUT2D eigenvalue weighted by Gasteiger charge is 2.38. The van der Waals surface area contributed by atoms with E-state index in [-0.39, 0.29) is 0 Å². The molecule has 266 valence electrons. The summed E-state index contributed by atoms with van der Waals surface area (Å²) in [6.45, 7) is 9.94. The quantitative estimate of drug-likeness (QED) is 0.132. The molecule has 0 amide bonds. The van der Waals surface area contributed by atoms with Gasteiger partial charge in [-0.05, 0) is 108 Å². The van der Waals surface area contributed by atoms with Gasteiger partial charge < -0.3 is 0 Å². The van der Waals surface area contributed by atoms with Crippen LogP contribution in [0.5, 0.6) is 0 Å². The maximum absolute atomic E-state index is 5.44. The van der Waals surface area contributed by atoms with Gasteiger partial charge >= 0.3 is 0 Å². The van der Waals surface area contributed by atoms with Crippen molar-refractivity contribution in [1.82, 2.24) is 9.97 Å². The van der Waals surface area contributed by atoms with E-state index in [4.69, 9.17) is 9.97 Å². The zero-order valence-corrected chi connectivity index (χ0v) is 34.1. The first-order valence-electron chi connectivity index (χ1n) is 19.6. The summed E-state index contributed by atoms with van der Waals surface area (Å²) in [6, 6.07) is 63.0. The second kappa shape index (κ2) is 12.1. The summed E-state index contributed by atoms with van der Waals surface area (Å²) in [5.41, 5.74) is 16.4. The lowest BCUT2D eigenvalue weighted by Crippen LogP contribution is -2.49. The van der Waals surface area contributed by atoms with Crippen LogP contribution in [0.1, 0.15) is 0 Å². The Morgan fingerprint density at radius 3 is 1.23 bits per heavy atom. The van der Waals surface area contributed by atoms with Crippen LogP contribution in [0.2, 0.25) is 26.2 Å². The molecule has 2 nitrogen and oxygen atoms in total. The van der Waals surface area contributed by atoms with Crippen LogP contribution in [0, 0.1) is 0 Å². The van der Waals surface area contributed by atoms with Crippen molar-refractivity contribution in [3.8, 4) is 67.0 Å². The Bertz CT molecular complexity index is 2960. The van der Waals surface area contributed by atoms with Gasteiger partial charge in [0.15, 0.2) is 0 Å². The Labute approximate surface area is 330 Å². The molecule has 4 heteroatoms. The molecule has 4 heterocycles. The maximum Gasteiger partial charge on any atom is 0.113 e. The Hall–Kier alpha value is -6.21. The Balaban J connectivity index is 1.12. The summed E-state index contributed by atoms with van der Waals surface area (Å²) in [4.78, 5) is 10.6. The van der Waals surface area contributed by atoms with Crippen LogP contribution in [0.4, 0.5) is 0 Å². The van der Waals surface area contributed by atoms with Crippen LogP contribution in [0.3, 0.4) is 0 Å². The highest BCUT2D eigenvalue weighted by Crippen LogP contribution is 2.39. The minimum absolute atomic E-state index is 0.924. The number of nitrogens with zero attached hydrogens (tertiary/aromatic N) is 2. The van der Waals surface area contributed by atoms with Crippen molar-refractivity contribution in [1.29, 1.82) is 0 Å². The number of benzene rings is 7. The summed E-state index contributed by atoms with van der Waals surface area (Å²) in [6.07, 6.45) is 0. The standard InChI is InChI=1S/C52H40N2Si2/c1-55(2)47-16-10-8-14-41(47)43-31-36(22-26-49(43)55)38-28-39(37-23-27-50-44(32-37)42-15-9-11-17-48(42)56(50,3)4)30-40(29-38)46-25-21-35-19-18-34-20-24-45(33-12-6-5-7-13-33)53-51(34)52(35)54-46/h5-32H,1-4H3. The van der Waals surface area contributed by atoms with Crippen LogP contribution < -0.4 is 20.7 Å². The first kappa shape index (κ1) is 33.2. The molecule has 2 aromatic heterocycles. The molecule has 11 rings (SSSR count). The SMILES string of the molecule is C[Si]1(C)c2ccccc2-c2cc(-c3cc(-c4ccc5c(c4)-c4ccccc4[Si]5(C)C)cc(-c4ccc5ccc6ccc(-c7ccccc7)nc6c5n4)c3)ccc21. The van der Waals surface area contributed by atoms with E-state index >= 15 is 0 Å². The molecule has 0 aliphatic carbocycles. The van der Waals surface area contributed by atoms with E-state index in [1.165, 1.54) is 65.3 Å². The van der Waals surface area contributed by atoms with Gasteiger partial charge in [-0.3, -0.25) is 0 Å². The van der Waals surface area contributed by atoms with Crippen molar-refractivity contribution in [2.75, 3.05) is 0 Å². The molecule has 0 bridgehead atoms. The summed E-state index contributed by atoms with van der Waals surface area (Å²) < 4.78 is 0. The molecule has 0 N–H and O–H groups in total. The predicted octanol–water partition coefficient (Wildman–Crippen LogP) is 11.1. The number of pyridine rings is 2. The van der Waals surface area contributed by atoms with Crippen molar-refractivity contribution < 1.29 is 0 Å². The van der Waals surface area contributed by atoms with Crippen LogP contribution >= 0.6 is 0 Å². The summed E-state index contributed by atoms with van der Waals surface area (Å²) in [5, 5.41) is 8.28. The molecule has 0 spiro atoms.